The quantitative estimate of drug-likeness (QED) is 0.456. The van der Waals surface area contributed by atoms with Crippen LogP contribution in [0, 0.1) is 0 Å². The molecule has 2 rings (SSSR count). The molecule has 0 fully saturated rings. The van der Waals surface area contributed by atoms with Gasteiger partial charge in [0.1, 0.15) is 0 Å². The monoisotopic (exact) mass is 168 g/mol. The van der Waals surface area contributed by atoms with Crippen LogP contribution in [0.25, 0.3) is 0 Å². The Kier molecular flexibility index (Phi) is 1.72. The van der Waals surface area contributed by atoms with E-state index in [1.54, 1.807) is 0 Å². The van der Waals surface area contributed by atoms with Crippen LogP contribution >= 0.6 is 11.6 Å². The highest BCUT2D eigenvalue weighted by atomic mass is 35.5. The molecule has 1 aromatic rings. The highest BCUT2D eigenvalue weighted by Gasteiger charge is 2.12. The minimum atomic E-state index is -0.134. The van der Waals surface area contributed by atoms with E-state index in [1.807, 2.05) is 18.2 Å². The molecule has 1 aliphatic heterocycles. The number of para-hydroxylation sites is 1. The average molecular weight is 169 g/mol. The molecule has 3 heteroatoms. The zero-order chi connectivity index (χ0) is 7.68. The van der Waals surface area contributed by atoms with Crippen LogP contribution in [0.1, 0.15) is 5.56 Å². The second kappa shape index (κ2) is 2.72. The Labute approximate surface area is 70.6 Å². The van der Waals surface area contributed by atoms with Gasteiger partial charge in [-0.05, 0) is 11.6 Å². The number of hydrogen-bond acceptors (Lipinski definition) is 2. The lowest BCUT2D eigenvalue weighted by Crippen LogP contribution is -2.35. The smallest absolute Gasteiger partial charge is 0.155 e. The van der Waals surface area contributed by atoms with Gasteiger partial charge < -0.3 is 5.32 Å². The van der Waals surface area contributed by atoms with Crippen LogP contribution in [0.2, 0.25) is 0 Å². The first kappa shape index (κ1) is 6.95. The Balaban J connectivity index is 2.34. The van der Waals surface area contributed by atoms with Gasteiger partial charge in [-0.2, -0.15) is 0 Å². The van der Waals surface area contributed by atoms with Crippen LogP contribution in [0.4, 0.5) is 5.69 Å². The Morgan fingerprint density at radius 1 is 1.36 bits per heavy atom. The van der Waals surface area contributed by atoms with E-state index >= 15 is 0 Å². The fraction of sp³-hybridized carbons (Fsp3) is 0.250. The van der Waals surface area contributed by atoms with Crippen LogP contribution in [0.5, 0.6) is 0 Å². The molecule has 1 unspecified atom stereocenters. The zero-order valence-corrected chi connectivity index (χ0v) is 6.73. The Morgan fingerprint density at radius 2 is 2.18 bits per heavy atom. The number of benzene rings is 1. The van der Waals surface area contributed by atoms with Gasteiger partial charge in [-0.25, -0.2) is 0 Å². The molecule has 0 saturated carbocycles. The number of rotatable bonds is 0. The summed E-state index contributed by atoms with van der Waals surface area (Å²) in [6, 6.07) is 8.14. The topological polar surface area (TPSA) is 24.1 Å². The summed E-state index contributed by atoms with van der Waals surface area (Å²) in [6.45, 7) is 0.845. The van der Waals surface area contributed by atoms with Crippen molar-refractivity contribution in [1.29, 1.82) is 0 Å². The highest BCUT2D eigenvalue weighted by Crippen LogP contribution is 2.19. The maximum absolute atomic E-state index is 5.82. The van der Waals surface area contributed by atoms with Crippen molar-refractivity contribution in [2.75, 3.05) is 5.32 Å². The first-order chi connectivity index (χ1) is 5.36. The number of nitrogens with one attached hydrogen (secondary N) is 2. The number of halogens is 1. The van der Waals surface area contributed by atoms with Crippen molar-refractivity contribution in [3.63, 3.8) is 0 Å². The van der Waals surface area contributed by atoms with Gasteiger partial charge in [0, 0.05) is 12.2 Å². The van der Waals surface area contributed by atoms with Gasteiger partial charge in [-0.1, -0.05) is 29.8 Å². The van der Waals surface area contributed by atoms with E-state index in [0.717, 1.165) is 12.2 Å². The SMILES string of the molecule is ClC1NCc2ccccc2N1. The Hall–Kier alpha value is -0.730. The summed E-state index contributed by atoms with van der Waals surface area (Å²) in [5.74, 6) is 0. The van der Waals surface area contributed by atoms with Gasteiger partial charge in [-0.3, -0.25) is 5.32 Å². The minimum Gasteiger partial charge on any atom is -0.357 e. The third-order valence-corrected chi connectivity index (χ3v) is 2.03. The first-order valence-electron chi connectivity index (χ1n) is 3.58. The van der Waals surface area contributed by atoms with Gasteiger partial charge in [0.05, 0.1) is 0 Å². The number of hydrogen-bond donors (Lipinski definition) is 2. The number of fused-ring (bicyclic) bond motifs is 1. The molecule has 0 bridgehead atoms. The van der Waals surface area contributed by atoms with E-state index in [1.165, 1.54) is 5.56 Å². The van der Waals surface area contributed by atoms with Crippen molar-refractivity contribution >= 4 is 17.3 Å². The fourth-order valence-corrected chi connectivity index (χ4v) is 1.40. The van der Waals surface area contributed by atoms with Crippen molar-refractivity contribution in [3.8, 4) is 0 Å². The maximum atomic E-state index is 5.82. The molecule has 0 aliphatic carbocycles. The molecule has 58 valence electrons. The minimum absolute atomic E-state index is 0.134. The molecule has 1 aliphatic rings. The van der Waals surface area contributed by atoms with Crippen LogP contribution in [0.3, 0.4) is 0 Å². The summed E-state index contributed by atoms with van der Waals surface area (Å²) in [4.78, 5) is 0. The summed E-state index contributed by atoms with van der Waals surface area (Å²) in [5.41, 5.74) is 2.26. The second-order valence-electron chi connectivity index (χ2n) is 2.54. The van der Waals surface area contributed by atoms with Crippen molar-refractivity contribution in [2.45, 2.75) is 12.2 Å². The molecular weight excluding hydrogens is 160 g/mol. The van der Waals surface area contributed by atoms with E-state index in [-0.39, 0.29) is 5.62 Å². The van der Waals surface area contributed by atoms with Crippen molar-refractivity contribution in [1.82, 2.24) is 5.32 Å². The number of anilines is 1. The van der Waals surface area contributed by atoms with Crippen LogP contribution in [-0.2, 0) is 6.54 Å². The largest absolute Gasteiger partial charge is 0.357 e. The van der Waals surface area contributed by atoms with E-state index in [9.17, 15) is 0 Å². The molecule has 0 amide bonds. The van der Waals surface area contributed by atoms with Gasteiger partial charge in [0.2, 0.25) is 0 Å². The average Bonchev–Trinajstić information content (AvgIpc) is 2.04. The van der Waals surface area contributed by atoms with Crippen LogP contribution < -0.4 is 10.6 Å². The maximum Gasteiger partial charge on any atom is 0.155 e. The Bertz CT molecular complexity index is 262. The summed E-state index contributed by atoms with van der Waals surface area (Å²) >= 11 is 5.82. The lowest BCUT2D eigenvalue weighted by atomic mass is 10.1. The molecule has 1 heterocycles. The van der Waals surface area contributed by atoms with Gasteiger partial charge >= 0.3 is 0 Å². The molecule has 0 aromatic heterocycles. The van der Waals surface area contributed by atoms with Gasteiger partial charge in [0.15, 0.2) is 5.62 Å². The predicted octanol–water partition coefficient (Wildman–Crippen LogP) is 1.72. The van der Waals surface area contributed by atoms with Gasteiger partial charge in [0.25, 0.3) is 0 Å². The molecular formula is C8H9ClN2. The molecule has 11 heavy (non-hydrogen) atoms. The van der Waals surface area contributed by atoms with Crippen molar-refractivity contribution in [2.24, 2.45) is 0 Å². The van der Waals surface area contributed by atoms with Gasteiger partial charge in [-0.15, -0.1) is 0 Å². The molecule has 0 spiro atoms. The predicted molar refractivity (Wildman–Crippen MR) is 46.5 cm³/mol. The first-order valence-corrected chi connectivity index (χ1v) is 4.02. The van der Waals surface area contributed by atoms with Crippen LogP contribution in [-0.4, -0.2) is 5.62 Å². The normalized spacial score (nSPS) is 22.1. The number of alkyl halides is 1. The standard InChI is InChI=1S/C8H9ClN2/c9-8-10-5-6-3-1-2-4-7(6)11-8/h1-4,8,10-11H,5H2. The summed E-state index contributed by atoms with van der Waals surface area (Å²) in [5, 5.41) is 6.21. The second-order valence-corrected chi connectivity index (χ2v) is 2.98. The third-order valence-electron chi connectivity index (χ3n) is 1.77. The summed E-state index contributed by atoms with van der Waals surface area (Å²) in [7, 11) is 0. The zero-order valence-electron chi connectivity index (χ0n) is 5.97. The summed E-state index contributed by atoms with van der Waals surface area (Å²) < 4.78 is 0. The molecule has 0 saturated heterocycles. The Morgan fingerprint density at radius 3 is 3.09 bits per heavy atom. The molecule has 2 N–H and O–H groups in total. The van der Waals surface area contributed by atoms with E-state index < -0.39 is 0 Å². The van der Waals surface area contributed by atoms with Crippen molar-refractivity contribution in [3.05, 3.63) is 29.8 Å². The lowest BCUT2D eigenvalue weighted by molar-refractivity contribution is 0.665. The van der Waals surface area contributed by atoms with E-state index in [0.29, 0.717) is 0 Å². The molecule has 2 nitrogen and oxygen atoms in total. The fourth-order valence-electron chi connectivity index (χ4n) is 1.20. The van der Waals surface area contributed by atoms with Crippen LogP contribution in [0.15, 0.2) is 24.3 Å². The third kappa shape index (κ3) is 1.32. The summed E-state index contributed by atoms with van der Waals surface area (Å²) in [6.07, 6.45) is 0. The van der Waals surface area contributed by atoms with Crippen molar-refractivity contribution < 1.29 is 0 Å². The highest BCUT2D eigenvalue weighted by molar-refractivity contribution is 6.21. The van der Waals surface area contributed by atoms with E-state index in [2.05, 4.69) is 16.7 Å². The molecule has 1 atom stereocenters. The van der Waals surface area contributed by atoms with E-state index in [4.69, 9.17) is 11.6 Å². The molecule has 1 aromatic carbocycles. The lowest BCUT2D eigenvalue weighted by Gasteiger charge is -2.23. The molecule has 0 radical (unpaired) electrons.